The third kappa shape index (κ3) is 2.00. The molecule has 0 radical (unpaired) electrons. The highest BCUT2D eigenvalue weighted by Gasteiger charge is 2.22. The van der Waals surface area contributed by atoms with Crippen LogP contribution in [-0.4, -0.2) is 16.0 Å². The Hall–Kier alpha value is -0.620. The number of aromatic amines is 1. The van der Waals surface area contributed by atoms with Crippen molar-refractivity contribution in [1.29, 1.82) is 0 Å². The molecule has 4 N–H and O–H groups in total. The fraction of sp³-hybridized carbons (Fsp3) is 0.429. The second-order valence-electron chi connectivity index (χ2n) is 3.04. The molecule has 1 heterocycles. The zero-order chi connectivity index (χ0) is 9.42. The zero-order valence-electron chi connectivity index (χ0n) is 6.80. The number of anilines is 2. The van der Waals surface area contributed by atoms with E-state index in [2.05, 4.69) is 31.2 Å². The van der Waals surface area contributed by atoms with E-state index < -0.39 is 0 Å². The maximum Gasteiger partial charge on any atom is 0.200 e. The summed E-state index contributed by atoms with van der Waals surface area (Å²) in [5, 5.41) is 3.24. The molecule has 0 aromatic carbocycles. The van der Waals surface area contributed by atoms with Crippen molar-refractivity contribution < 1.29 is 0 Å². The minimum absolute atomic E-state index is 0.406. The third-order valence-electron chi connectivity index (χ3n) is 1.82. The summed E-state index contributed by atoms with van der Waals surface area (Å²) in [7, 11) is 0. The lowest BCUT2D eigenvalue weighted by molar-refractivity contribution is 1.06. The lowest BCUT2D eigenvalue weighted by Gasteiger charge is -2.07. The summed E-state index contributed by atoms with van der Waals surface area (Å²) in [6.07, 6.45) is 2.39. The first-order valence-corrected chi connectivity index (χ1v) is 5.19. The Kier molecular flexibility index (Phi) is 2.25. The summed E-state index contributed by atoms with van der Waals surface area (Å²) in [5.74, 6) is 1.26. The van der Waals surface area contributed by atoms with E-state index in [4.69, 9.17) is 18.0 Å². The molecule has 0 bridgehead atoms. The van der Waals surface area contributed by atoms with Crippen molar-refractivity contribution in [3.8, 4) is 0 Å². The monoisotopic (exact) mass is 260 g/mol. The van der Waals surface area contributed by atoms with Gasteiger partial charge in [-0.05, 0) is 41.0 Å². The number of hydrogen-bond acceptors (Lipinski definition) is 4. The van der Waals surface area contributed by atoms with Crippen LogP contribution in [0.3, 0.4) is 0 Å². The van der Waals surface area contributed by atoms with Crippen LogP contribution in [0.15, 0.2) is 4.47 Å². The summed E-state index contributed by atoms with van der Waals surface area (Å²) in [4.78, 5) is 6.90. The van der Waals surface area contributed by atoms with Crippen LogP contribution in [0.4, 0.5) is 11.6 Å². The summed E-state index contributed by atoms with van der Waals surface area (Å²) >= 11 is 8.26. The van der Waals surface area contributed by atoms with Gasteiger partial charge in [-0.3, -0.25) is 0 Å². The van der Waals surface area contributed by atoms with Crippen LogP contribution in [0.1, 0.15) is 12.8 Å². The maximum atomic E-state index is 5.67. The Labute approximate surface area is 89.1 Å². The van der Waals surface area contributed by atoms with Gasteiger partial charge in [0.05, 0.1) is 0 Å². The van der Waals surface area contributed by atoms with Gasteiger partial charge in [0.2, 0.25) is 0 Å². The number of rotatable bonds is 2. The van der Waals surface area contributed by atoms with E-state index >= 15 is 0 Å². The van der Waals surface area contributed by atoms with Gasteiger partial charge in [0.15, 0.2) is 4.77 Å². The summed E-state index contributed by atoms with van der Waals surface area (Å²) in [6.45, 7) is 0. The highest BCUT2D eigenvalue weighted by atomic mass is 79.9. The lowest BCUT2D eigenvalue weighted by atomic mass is 10.5. The molecule has 0 atom stereocenters. The molecule has 0 amide bonds. The average molecular weight is 261 g/mol. The molecule has 70 valence electrons. The number of aromatic nitrogens is 2. The van der Waals surface area contributed by atoms with Crippen LogP contribution in [0.5, 0.6) is 0 Å². The number of nitrogens with two attached hydrogens (primary N) is 1. The van der Waals surface area contributed by atoms with Crippen molar-refractivity contribution in [3.63, 3.8) is 0 Å². The predicted octanol–water partition coefficient (Wildman–Crippen LogP) is 2.06. The number of nitrogens with one attached hydrogen (secondary N) is 2. The van der Waals surface area contributed by atoms with E-state index in [0.29, 0.717) is 16.6 Å². The standard InChI is InChI=1S/C7H9BrN4S/c8-4-5(9)11-7(13)12-6(4)10-3-1-2-3/h3H,1-2H2,(H4,9,10,11,12,13). The molecule has 1 fully saturated rings. The largest absolute Gasteiger partial charge is 0.384 e. The van der Waals surface area contributed by atoms with Gasteiger partial charge in [-0.25, -0.2) is 4.98 Å². The summed E-state index contributed by atoms with van der Waals surface area (Å²) < 4.78 is 1.16. The SMILES string of the molecule is Nc1[nH]c(=S)nc(NC2CC2)c1Br. The van der Waals surface area contributed by atoms with Gasteiger partial charge in [0, 0.05) is 6.04 Å². The minimum Gasteiger partial charge on any atom is -0.384 e. The molecule has 0 unspecified atom stereocenters. The summed E-state index contributed by atoms with van der Waals surface area (Å²) in [6, 6.07) is 0.542. The van der Waals surface area contributed by atoms with E-state index in [9.17, 15) is 0 Å². The molecule has 1 aliphatic rings. The average Bonchev–Trinajstić information content (AvgIpc) is 2.83. The van der Waals surface area contributed by atoms with Crippen molar-refractivity contribution in [1.82, 2.24) is 9.97 Å². The highest BCUT2D eigenvalue weighted by molar-refractivity contribution is 9.10. The normalized spacial score (nSPS) is 15.8. The molecule has 1 aromatic rings. The van der Waals surface area contributed by atoms with Crippen molar-refractivity contribution in [2.24, 2.45) is 0 Å². The highest BCUT2D eigenvalue weighted by Crippen LogP contribution is 2.30. The Bertz CT molecular complexity index is 385. The van der Waals surface area contributed by atoms with Gasteiger partial charge in [-0.1, -0.05) is 0 Å². The number of halogens is 1. The van der Waals surface area contributed by atoms with Gasteiger partial charge in [-0.15, -0.1) is 0 Å². The molecule has 2 rings (SSSR count). The van der Waals surface area contributed by atoms with E-state index in [-0.39, 0.29) is 0 Å². The van der Waals surface area contributed by atoms with Crippen LogP contribution in [0.2, 0.25) is 0 Å². The van der Waals surface area contributed by atoms with Gasteiger partial charge in [-0.2, -0.15) is 0 Å². The number of nitrogen functional groups attached to an aromatic ring is 1. The number of H-pyrrole nitrogens is 1. The first-order valence-electron chi connectivity index (χ1n) is 3.98. The predicted molar refractivity (Wildman–Crippen MR) is 58.2 cm³/mol. The van der Waals surface area contributed by atoms with E-state index in [1.165, 1.54) is 12.8 Å². The second kappa shape index (κ2) is 3.26. The Balaban J connectivity index is 2.36. The molecule has 1 aromatic heterocycles. The quantitative estimate of drug-likeness (QED) is 0.713. The first kappa shape index (κ1) is 8.96. The lowest BCUT2D eigenvalue weighted by Crippen LogP contribution is -2.06. The molecule has 6 heteroatoms. The van der Waals surface area contributed by atoms with Gasteiger partial charge >= 0.3 is 0 Å². The molecular formula is C7H9BrN4S. The van der Waals surface area contributed by atoms with Gasteiger partial charge < -0.3 is 16.0 Å². The molecule has 1 saturated carbocycles. The topological polar surface area (TPSA) is 66.7 Å². The molecule has 0 aliphatic heterocycles. The Morgan fingerprint density at radius 3 is 2.92 bits per heavy atom. The Morgan fingerprint density at radius 1 is 1.62 bits per heavy atom. The van der Waals surface area contributed by atoms with Crippen molar-refractivity contribution in [2.45, 2.75) is 18.9 Å². The van der Waals surface area contributed by atoms with Crippen LogP contribution in [-0.2, 0) is 0 Å². The van der Waals surface area contributed by atoms with Crippen LogP contribution >= 0.6 is 28.1 Å². The second-order valence-corrected chi connectivity index (χ2v) is 4.22. The maximum absolute atomic E-state index is 5.67. The van der Waals surface area contributed by atoms with Gasteiger partial charge in [0.25, 0.3) is 0 Å². The fourth-order valence-electron chi connectivity index (χ4n) is 0.993. The number of hydrogen-bond donors (Lipinski definition) is 3. The van der Waals surface area contributed by atoms with Crippen LogP contribution in [0, 0.1) is 4.77 Å². The van der Waals surface area contributed by atoms with E-state index in [1.807, 2.05) is 0 Å². The van der Waals surface area contributed by atoms with E-state index in [0.717, 1.165) is 10.3 Å². The molecule has 0 saturated heterocycles. The van der Waals surface area contributed by atoms with Crippen LogP contribution < -0.4 is 11.1 Å². The van der Waals surface area contributed by atoms with Crippen molar-refractivity contribution in [3.05, 3.63) is 9.24 Å². The molecule has 1 aliphatic carbocycles. The van der Waals surface area contributed by atoms with Crippen LogP contribution in [0.25, 0.3) is 0 Å². The smallest absolute Gasteiger partial charge is 0.200 e. The molecule has 13 heavy (non-hydrogen) atoms. The summed E-state index contributed by atoms with van der Waals surface area (Å²) in [5.41, 5.74) is 5.67. The Morgan fingerprint density at radius 2 is 2.31 bits per heavy atom. The van der Waals surface area contributed by atoms with Crippen molar-refractivity contribution in [2.75, 3.05) is 11.1 Å². The fourth-order valence-corrected chi connectivity index (χ4v) is 1.50. The molecule has 0 spiro atoms. The molecule has 4 nitrogen and oxygen atoms in total. The van der Waals surface area contributed by atoms with E-state index in [1.54, 1.807) is 0 Å². The third-order valence-corrected chi connectivity index (χ3v) is 2.81. The molecular weight excluding hydrogens is 252 g/mol. The first-order chi connectivity index (χ1) is 6.16. The van der Waals surface area contributed by atoms with Crippen molar-refractivity contribution >= 4 is 39.8 Å². The minimum atomic E-state index is 0.406. The number of nitrogens with zero attached hydrogens (tertiary/aromatic N) is 1. The zero-order valence-corrected chi connectivity index (χ0v) is 9.20. The van der Waals surface area contributed by atoms with Gasteiger partial charge in [0.1, 0.15) is 16.1 Å².